The lowest BCUT2D eigenvalue weighted by Crippen LogP contribution is -2.21. The van der Waals surface area contributed by atoms with Crippen LogP contribution in [0.4, 0.5) is 11.4 Å². The van der Waals surface area contributed by atoms with Gasteiger partial charge in [0.2, 0.25) is 0 Å². The largest absolute Gasteiger partial charge is 0.366 e. The van der Waals surface area contributed by atoms with Crippen molar-refractivity contribution in [3.63, 3.8) is 0 Å². The van der Waals surface area contributed by atoms with Crippen LogP contribution in [0.25, 0.3) is 0 Å². The van der Waals surface area contributed by atoms with Crippen molar-refractivity contribution in [2.24, 2.45) is 0 Å². The van der Waals surface area contributed by atoms with Gasteiger partial charge in [0, 0.05) is 24.7 Å². The molecule has 18 heavy (non-hydrogen) atoms. The minimum absolute atomic E-state index is 0.0622. The van der Waals surface area contributed by atoms with E-state index in [4.69, 9.17) is 5.21 Å². The Morgan fingerprint density at radius 1 is 1.39 bits per heavy atom. The lowest BCUT2D eigenvalue weighted by atomic mass is 10.1. The van der Waals surface area contributed by atoms with Gasteiger partial charge >= 0.3 is 0 Å². The van der Waals surface area contributed by atoms with Gasteiger partial charge in [-0.2, -0.15) is 0 Å². The third-order valence-electron chi connectivity index (χ3n) is 2.98. The number of rotatable bonds is 3. The summed E-state index contributed by atoms with van der Waals surface area (Å²) in [6.45, 7) is 1.57. The predicted octanol–water partition coefficient (Wildman–Crippen LogP) is 1.31. The lowest BCUT2D eigenvalue weighted by Gasteiger charge is -2.17. The first kappa shape index (κ1) is 12.3. The quantitative estimate of drug-likeness (QED) is 0.479. The number of hydrogen-bond donors (Lipinski definition) is 2. The SMILES string of the molecule is O=C(NO)c1ccc(N2CCCC2)c([N+](=O)[O-])c1. The summed E-state index contributed by atoms with van der Waals surface area (Å²) >= 11 is 0. The Balaban J connectivity index is 2.40. The second-order valence-electron chi connectivity index (χ2n) is 4.10. The van der Waals surface area contributed by atoms with Crippen LogP contribution in [0, 0.1) is 10.1 Å². The molecule has 2 N–H and O–H groups in total. The van der Waals surface area contributed by atoms with Crippen molar-refractivity contribution in [1.29, 1.82) is 0 Å². The van der Waals surface area contributed by atoms with Gasteiger partial charge in [0.15, 0.2) is 0 Å². The van der Waals surface area contributed by atoms with Gasteiger partial charge in [0.25, 0.3) is 11.6 Å². The second-order valence-corrected chi connectivity index (χ2v) is 4.10. The Hall–Kier alpha value is -2.15. The summed E-state index contributed by atoms with van der Waals surface area (Å²) in [5, 5.41) is 19.5. The Kier molecular flexibility index (Phi) is 3.42. The molecule has 0 unspecified atom stereocenters. The summed E-state index contributed by atoms with van der Waals surface area (Å²) in [4.78, 5) is 23.7. The van der Waals surface area contributed by atoms with Gasteiger partial charge in [0.1, 0.15) is 5.69 Å². The number of nitrogens with one attached hydrogen (secondary N) is 1. The molecule has 1 aromatic rings. The molecule has 0 atom stereocenters. The summed E-state index contributed by atoms with van der Waals surface area (Å²) in [6, 6.07) is 4.19. The van der Waals surface area contributed by atoms with Crippen molar-refractivity contribution in [3.8, 4) is 0 Å². The topological polar surface area (TPSA) is 95.7 Å². The van der Waals surface area contributed by atoms with E-state index < -0.39 is 10.8 Å². The molecule has 0 bridgehead atoms. The average molecular weight is 251 g/mol. The smallest absolute Gasteiger partial charge is 0.293 e. The molecule has 1 amide bonds. The summed E-state index contributed by atoms with van der Waals surface area (Å²) < 4.78 is 0. The van der Waals surface area contributed by atoms with Crippen molar-refractivity contribution in [1.82, 2.24) is 5.48 Å². The highest BCUT2D eigenvalue weighted by Gasteiger charge is 2.23. The molecular weight excluding hydrogens is 238 g/mol. The zero-order chi connectivity index (χ0) is 13.1. The van der Waals surface area contributed by atoms with E-state index in [0.717, 1.165) is 25.9 Å². The van der Waals surface area contributed by atoms with Crippen LogP contribution in [0.3, 0.4) is 0 Å². The Bertz CT molecular complexity index is 483. The normalized spacial score (nSPS) is 14.6. The zero-order valence-electron chi connectivity index (χ0n) is 9.63. The van der Waals surface area contributed by atoms with E-state index in [9.17, 15) is 14.9 Å². The summed E-state index contributed by atoms with van der Waals surface area (Å²) in [6.07, 6.45) is 2.02. The van der Waals surface area contributed by atoms with Gasteiger partial charge < -0.3 is 4.90 Å². The first-order valence-corrected chi connectivity index (χ1v) is 5.61. The van der Waals surface area contributed by atoms with Crippen LogP contribution in [-0.2, 0) is 0 Å². The third kappa shape index (κ3) is 2.25. The molecule has 1 aliphatic rings. The van der Waals surface area contributed by atoms with Gasteiger partial charge in [-0.25, -0.2) is 5.48 Å². The molecule has 7 nitrogen and oxygen atoms in total. The van der Waals surface area contributed by atoms with E-state index in [-0.39, 0.29) is 11.3 Å². The molecule has 2 rings (SSSR count). The second kappa shape index (κ2) is 5.01. The Labute approximate surface area is 103 Å². The first-order valence-electron chi connectivity index (χ1n) is 5.61. The van der Waals surface area contributed by atoms with Crippen molar-refractivity contribution in [2.45, 2.75) is 12.8 Å². The van der Waals surface area contributed by atoms with Crippen molar-refractivity contribution >= 4 is 17.3 Å². The van der Waals surface area contributed by atoms with E-state index in [1.807, 2.05) is 4.90 Å². The maximum absolute atomic E-state index is 11.2. The molecule has 96 valence electrons. The number of anilines is 1. The molecule has 0 aliphatic carbocycles. The fourth-order valence-electron chi connectivity index (χ4n) is 2.10. The molecule has 0 spiro atoms. The molecular formula is C11H13N3O4. The van der Waals surface area contributed by atoms with Crippen LogP contribution < -0.4 is 10.4 Å². The highest BCUT2D eigenvalue weighted by molar-refractivity contribution is 5.95. The van der Waals surface area contributed by atoms with E-state index >= 15 is 0 Å². The number of nitro groups is 1. The van der Waals surface area contributed by atoms with Gasteiger partial charge in [0.05, 0.1) is 4.92 Å². The minimum Gasteiger partial charge on any atom is -0.366 e. The lowest BCUT2D eigenvalue weighted by molar-refractivity contribution is -0.384. The molecule has 1 heterocycles. The van der Waals surface area contributed by atoms with E-state index in [0.29, 0.717) is 5.69 Å². The van der Waals surface area contributed by atoms with Crippen LogP contribution in [-0.4, -0.2) is 29.1 Å². The van der Waals surface area contributed by atoms with Gasteiger partial charge in [-0.05, 0) is 25.0 Å². The fourth-order valence-corrected chi connectivity index (χ4v) is 2.10. The predicted molar refractivity (Wildman–Crippen MR) is 63.8 cm³/mol. The van der Waals surface area contributed by atoms with E-state index in [2.05, 4.69) is 0 Å². The summed E-state index contributed by atoms with van der Waals surface area (Å²) in [5.41, 5.74) is 1.93. The number of benzene rings is 1. The molecule has 0 aromatic heterocycles. The van der Waals surface area contributed by atoms with Crippen molar-refractivity contribution < 1.29 is 14.9 Å². The van der Waals surface area contributed by atoms with Crippen LogP contribution in [0.2, 0.25) is 0 Å². The number of carbonyl (C=O) groups is 1. The number of nitrogens with zero attached hydrogens (tertiary/aromatic N) is 2. The molecule has 1 fully saturated rings. The minimum atomic E-state index is -0.758. The maximum Gasteiger partial charge on any atom is 0.293 e. The average Bonchev–Trinajstić information content (AvgIpc) is 2.90. The van der Waals surface area contributed by atoms with E-state index in [1.54, 1.807) is 6.07 Å². The van der Waals surface area contributed by atoms with Gasteiger partial charge in [-0.3, -0.25) is 20.1 Å². The zero-order valence-corrected chi connectivity index (χ0v) is 9.63. The van der Waals surface area contributed by atoms with Crippen molar-refractivity contribution in [3.05, 3.63) is 33.9 Å². The van der Waals surface area contributed by atoms with Crippen LogP contribution in [0.1, 0.15) is 23.2 Å². The number of hydroxylamine groups is 1. The van der Waals surface area contributed by atoms with Gasteiger partial charge in [-0.1, -0.05) is 0 Å². The molecule has 0 saturated carbocycles. The Morgan fingerprint density at radius 2 is 2.06 bits per heavy atom. The highest BCUT2D eigenvalue weighted by atomic mass is 16.6. The standard InChI is InChI=1S/C11H13N3O4/c15-11(12-16)8-3-4-9(10(7-8)14(17)18)13-5-1-2-6-13/h3-4,7,16H,1-2,5-6H2,(H,12,15). The number of hydrogen-bond acceptors (Lipinski definition) is 5. The monoisotopic (exact) mass is 251 g/mol. The Morgan fingerprint density at radius 3 is 2.61 bits per heavy atom. The summed E-state index contributed by atoms with van der Waals surface area (Å²) in [5.74, 6) is -0.758. The van der Waals surface area contributed by atoms with Crippen LogP contribution in [0.5, 0.6) is 0 Å². The number of carbonyl (C=O) groups excluding carboxylic acids is 1. The maximum atomic E-state index is 11.2. The molecule has 7 heteroatoms. The fraction of sp³-hybridized carbons (Fsp3) is 0.364. The number of nitro benzene ring substituents is 1. The van der Waals surface area contributed by atoms with Gasteiger partial charge in [-0.15, -0.1) is 0 Å². The highest BCUT2D eigenvalue weighted by Crippen LogP contribution is 2.31. The molecule has 1 aliphatic heterocycles. The van der Waals surface area contributed by atoms with E-state index in [1.165, 1.54) is 17.6 Å². The number of amides is 1. The van der Waals surface area contributed by atoms with Crippen LogP contribution in [0.15, 0.2) is 18.2 Å². The molecule has 1 saturated heterocycles. The van der Waals surface area contributed by atoms with Crippen molar-refractivity contribution in [2.75, 3.05) is 18.0 Å². The summed E-state index contributed by atoms with van der Waals surface area (Å²) in [7, 11) is 0. The molecule has 1 aromatic carbocycles. The first-order chi connectivity index (χ1) is 8.63. The molecule has 0 radical (unpaired) electrons. The van der Waals surface area contributed by atoms with Crippen LogP contribution >= 0.6 is 0 Å². The third-order valence-corrected chi connectivity index (χ3v) is 2.98.